The van der Waals surface area contributed by atoms with Gasteiger partial charge in [-0.3, -0.25) is 0 Å². The van der Waals surface area contributed by atoms with Gasteiger partial charge in [0.1, 0.15) is 0 Å². The third-order valence-electron chi connectivity index (χ3n) is 1.50. The fourth-order valence-electron chi connectivity index (χ4n) is 0.750. The van der Waals surface area contributed by atoms with E-state index in [1.807, 2.05) is 0 Å². The minimum absolute atomic E-state index is 0. The van der Waals surface area contributed by atoms with Gasteiger partial charge in [0.15, 0.2) is 7.69 Å². The van der Waals surface area contributed by atoms with Crippen LogP contribution in [0.15, 0.2) is 0 Å². The molecule has 0 aromatic carbocycles. The van der Waals surface area contributed by atoms with Crippen molar-refractivity contribution in [3.63, 3.8) is 0 Å². The topological polar surface area (TPSA) is 73.3 Å². The van der Waals surface area contributed by atoms with Gasteiger partial charge in [0.25, 0.3) is 0 Å². The summed E-state index contributed by atoms with van der Waals surface area (Å²) in [5.41, 5.74) is 0. The Labute approximate surface area is 120 Å². The van der Waals surface area contributed by atoms with Crippen LogP contribution in [0, 0.1) is 0 Å². The number of hydrogen-bond acceptors (Lipinski definition) is 3. The van der Waals surface area contributed by atoms with Crippen molar-refractivity contribution in [2.24, 2.45) is 0 Å². The minimum Gasteiger partial charge on any atom is -0.870 e. The first-order chi connectivity index (χ1) is 4.76. The maximum atomic E-state index is 8.36. The van der Waals surface area contributed by atoms with Crippen LogP contribution in [0.1, 0.15) is 20.8 Å². The Morgan fingerprint density at radius 3 is 1.33 bits per heavy atom. The van der Waals surface area contributed by atoms with Crippen molar-refractivity contribution in [1.29, 1.82) is 0 Å². The molecule has 0 aliphatic rings. The fourth-order valence-corrected chi connectivity index (χ4v) is 2.25. The van der Waals surface area contributed by atoms with E-state index in [0.29, 0.717) is 0 Å². The van der Waals surface area contributed by atoms with Crippen LogP contribution in [0.25, 0.3) is 0 Å². The first-order valence-electron chi connectivity index (χ1n) is 3.68. The minimum atomic E-state index is -0.250. The SMILES string of the molecule is CC[PH+](CC)CC.[K+].[O-][B]O.[OH-]. The molecule has 0 spiro atoms. The van der Waals surface area contributed by atoms with Crippen molar-refractivity contribution in [2.45, 2.75) is 20.8 Å². The van der Waals surface area contributed by atoms with Crippen LogP contribution in [-0.2, 0) is 0 Å². The molecule has 2 N–H and O–H groups in total. The second kappa shape index (κ2) is 23.1. The first kappa shape index (κ1) is 23.7. The Kier molecular flexibility index (Phi) is 45.6. The van der Waals surface area contributed by atoms with Gasteiger partial charge in [-0.05, 0) is 28.7 Å². The molecule has 0 aromatic heterocycles. The van der Waals surface area contributed by atoms with Crippen LogP contribution in [0.2, 0.25) is 0 Å². The summed E-state index contributed by atoms with van der Waals surface area (Å²) in [6.45, 7) is 6.92. The number of rotatable bonds is 3. The maximum Gasteiger partial charge on any atom is 1.00 e. The molecule has 6 heteroatoms. The Balaban J connectivity index is -0.0000000569. The quantitative estimate of drug-likeness (QED) is 0.405. The van der Waals surface area contributed by atoms with E-state index in [1.165, 1.54) is 18.5 Å². The Hall–Kier alpha value is 2.01. The predicted octanol–water partition coefficient (Wildman–Crippen LogP) is -3.04. The van der Waals surface area contributed by atoms with Gasteiger partial charge in [-0.2, -0.15) is 0 Å². The third-order valence-corrected chi connectivity index (χ3v) is 4.50. The summed E-state index contributed by atoms with van der Waals surface area (Å²) in [5.74, 6) is 0. The van der Waals surface area contributed by atoms with Crippen molar-refractivity contribution < 1.29 is 66.9 Å². The Bertz CT molecular complexity index is 52.5. The molecule has 1 radical (unpaired) electrons. The molecular formula is C6H18BKO3P. The van der Waals surface area contributed by atoms with E-state index in [9.17, 15) is 0 Å². The molecule has 0 aromatic rings. The molecule has 69 valence electrons. The molecule has 0 fully saturated rings. The molecule has 0 amide bonds. The summed E-state index contributed by atoms with van der Waals surface area (Å²) in [4.78, 5) is 0. The molecule has 3 nitrogen and oxygen atoms in total. The summed E-state index contributed by atoms with van der Waals surface area (Å²) in [6, 6.07) is 0. The van der Waals surface area contributed by atoms with Crippen LogP contribution in [0.5, 0.6) is 0 Å². The number of hydrogen-bond donors (Lipinski definition) is 1. The van der Waals surface area contributed by atoms with E-state index < -0.39 is 0 Å². The van der Waals surface area contributed by atoms with Crippen LogP contribution >= 0.6 is 7.92 Å². The summed E-state index contributed by atoms with van der Waals surface area (Å²) >= 11 is 0. The summed E-state index contributed by atoms with van der Waals surface area (Å²) in [5, 5.41) is 15.2. The zero-order chi connectivity index (χ0) is 8.41. The molecule has 0 aliphatic heterocycles. The van der Waals surface area contributed by atoms with Crippen molar-refractivity contribution >= 4 is 15.6 Å². The van der Waals surface area contributed by atoms with Gasteiger partial charge in [0, 0.05) is 0 Å². The van der Waals surface area contributed by atoms with Crippen molar-refractivity contribution in [2.75, 3.05) is 18.5 Å². The van der Waals surface area contributed by atoms with E-state index in [0.717, 1.165) is 0 Å². The zero-order valence-electron chi connectivity index (χ0n) is 8.50. The Morgan fingerprint density at radius 2 is 1.33 bits per heavy atom. The van der Waals surface area contributed by atoms with Crippen molar-refractivity contribution in [3.8, 4) is 0 Å². The van der Waals surface area contributed by atoms with E-state index >= 15 is 0 Å². The van der Waals surface area contributed by atoms with E-state index in [1.54, 1.807) is 0 Å². The monoisotopic (exact) mass is 219 g/mol. The second-order valence-corrected chi connectivity index (χ2v) is 5.54. The largest absolute Gasteiger partial charge is 1.00 e. The standard InChI is InChI=1S/C6H15P.BHO2.K.H2O/c1-4-7(5-2)6-3;2-1-3;;/h4-6H2,1-3H3;2H;;1H2/q;-1;+1;. The Morgan fingerprint density at radius 1 is 1.17 bits per heavy atom. The predicted molar refractivity (Wildman–Crippen MR) is 49.8 cm³/mol. The molecule has 0 atom stereocenters. The fraction of sp³-hybridized carbons (Fsp3) is 1.00. The van der Waals surface area contributed by atoms with Crippen LogP contribution in [0.3, 0.4) is 0 Å². The normalized spacial score (nSPS) is 7.17. The van der Waals surface area contributed by atoms with Crippen LogP contribution < -0.4 is 56.4 Å². The molecule has 12 heavy (non-hydrogen) atoms. The van der Waals surface area contributed by atoms with Gasteiger partial charge in [0.05, 0.1) is 18.5 Å². The average Bonchev–Trinajstić information content (AvgIpc) is 1.93. The second-order valence-electron chi connectivity index (χ2n) is 1.92. The molecule has 0 aliphatic carbocycles. The molecule has 0 heterocycles. The maximum absolute atomic E-state index is 8.36. The summed E-state index contributed by atoms with van der Waals surface area (Å²) in [7, 11) is -0.113. The van der Waals surface area contributed by atoms with Crippen molar-refractivity contribution in [3.05, 3.63) is 0 Å². The van der Waals surface area contributed by atoms with Gasteiger partial charge >= 0.3 is 51.4 Å². The van der Waals surface area contributed by atoms with Gasteiger partial charge in [-0.15, -0.1) is 0 Å². The first-order valence-corrected chi connectivity index (χ1v) is 5.80. The molecular weight excluding hydrogens is 201 g/mol. The molecule has 0 saturated heterocycles. The molecule has 0 saturated carbocycles. The van der Waals surface area contributed by atoms with Gasteiger partial charge in [0.2, 0.25) is 0 Å². The molecule has 0 bridgehead atoms. The van der Waals surface area contributed by atoms with E-state index in [4.69, 9.17) is 10.0 Å². The van der Waals surface area contributed by atoms with Crippen LogP contribution in [0.4, 0.5) is 0 Å². The average molecular weight is 219 g/mol. The summed E-state index contributed by atoms with van der Waals surface area (Å²) in [6.07, 6.45) is 4.37. The van der Waals surface area contributed by atoms with E-state index in [-0.39, 0.29) is 72.5 Å². The van der Waals surface area contributed by atoms with Gasteiger partial charge < -0.3 is 15.5 Å². The van der Waals surface area contributed by atoms with Gasteiger partial charge in [-0.1, -0.05) is 0 Å². The summed E-state index contributed by atoms with van der Waals surface area (Å²) < 4.78 is 0. The van der Waals surface area contributed by atoms with Crippen molar-refractivity contribution in [1.82, 2.24) is 0 Å². The zero-order valence-corrected chi connectivity index (χ0v) is 12.6. The van der Waals surface area contributed by atoms with Gasteiger partial charge in [-0.25, -0.2) is 0 Å². The van der Waals surface area contributed by atoms with E-state index in [2.05, 4.69) is 20.8 Å². The molecule has 0 rings (SSSR count). The third kappa shape index (κ3) is 22.7. The molecule has 0 unspecified atom stereocenters. The smallest absolute Gasteiger partial charge is 0.870 e. The van der Waals surface area contributed by atoms with Crippen LogP contribution in [-0.4, -0.2) is 36.7 Å².